The molecule has 0 radical (unpaired) electrons. The Morgan fingerprint density at radius 1 is 1.28 bits per heavy atom. The fourth-order valence-corrected chi connectivity index (χ4v) is 4.19. The minimum atomic E-state index is -0.816. The maximum Gasteiger partial charge on any atom is 0.354 e. The second-order valence-electron chi connectivity index (χ2n) is 7.97. The van der Waals surface area contributed by atoms with Crippen molar-refractivity contribution in [2.24, 2.45) is 0 Å². The lowest BCUT2D eigenvalue weighted by Gasteiger charge is -2.26. The highest BCUT2D eigenvalue weighted by molar-refractivity contribution is 6.46. The van der Waals surface area contributed by atoms with Gasteiger partial charge in [0.05, 0.1) is 18.7 Å². The number of aliphatic hydroxyl groups excluding tert-OH is 1. The van der Waals surface area contributed by atoms with Crippen LogP contribution in [0.15, 0.2) is 29.8 Å². The number of benzene rings is 1. The van der Waals surface area contributed by atoms with E-state index in [-0.39, 0.29) is 23.6 Å². The quantitative estimate of drug-likeness (QED) is 0.298. The molecule has 3 rings (SSSR count). The van der Waals surface area contributed by atoms with E-state index >= 15 is 0 Å². The number of Topliss-reactive ketones (excluding diaryl/α,β-unsaturated/α-hetero) is 1. The molecule has 8 nitrogen and oxygen atoms in total. The van der Waals surface area contributed by atoms with E-state index in [0.717, 1.165) is 0 Å². The van der Waals surface area contributed by atoms with Gasteiger partial charge in [0.25, 0.3) is 11.7 Å². The molecule has 1 unspecified atom stereocenters. The maximum absolute atomic E-state index is 13.1. The van der Waals surface area contributed by atoms with Crippen molar-refractivity contribution >= 4 is 35.0 Å². The third-order valence-corrected chi connectivity index (χ3v) is 5.79. The molecule has 1 amide bonds. The van der Waals surface area contributed by atoms with Gasteiger partial charge >= 0.3 is 5.97 Å². The van der Waals surface area contributed by atoms with E-state index in [9.17, 15) is 19.5 Å². The van der Waals surface area contributed by atoms with Crippen LogP contribution in [0, 0.1) is 13.8 Å². The summed E-state index contributed by atoms with van der Waals surface area (Å²) >= 11 is 6.19. The van der Waals surface area contributed by atoms with Crippen LogP contribution in [0.1, 0.15) is 38.9 Å². The number of hydrogen-bond acceptors (Lipinski definition) is 6. The van der Waals surface area contributed by atoms with E-state index in [4.69, 9.17) is 16.3 Å². The maximum atomic E-state index is 13.1. The number of likely N-dealkylation sites (tertiary alicyclic amines) is 1. The second kappa shape index (κ2) is 9.18. The Labute approximate surface area is 191 Å². The van der Waals surface area contributed by atoms with E-state index < -0.39 is 23.7 Å². The molecule has 0 spiro atoms. The number of aromatic nitrogens is 1. The summed E-state index contributed by atoms with van der Waals surface area (Å²) in [7, 11) is 4.99. The summed E-state index contributed by atoms with van der Waals surface area (Å²) in [4.78, 5) is 44.4. The zero-order valence-corrected chi connectivity index (χ0v) is 19.4. The monoisotopic (exact) mass is 459 g/mol. The molecule has 1 fully saturated rings. The number of carbonyl (C=O) groups excluding carboxylic acids is 3. The van der Waals surface area contributed by atoms with Crippen molar-refractivity contribution in [2.75, 3.05) is 34.3 Å². The van der Waals surface area contributed by atoms with Crippen LogP contribution >= 0.6 is 11.6 Å². The molecule has 1 saturated heterocycles. The van der Waals surface area contributed by atoms with Crippen LogP contribution in [0.25, 0.3) is 5.76 Å². The van der Waals surface area contributed by atoms with Crippen LogP contribution in [0.5, 0.6) is 0 Å². The van der Waals surface area contributed by atoms with Gasteiger partial charge in [-0.05, 0) is 51.2 Å². The number of amides is 1. The van der Waals surface area contributed by atoms with E-state index in [1.165, 1.54) is 12.0 Å². The molecule has 2 N–H and O–H groups in total. The first kappa shape index (κ1) is 23.6. The molecule has 2 aromatic rings. The van der Waals surface area contributed by atoms with Gasteiger partial charge < -0.3 is 24.6 Å². The van der Waals surface area contributed by atoms with Gasteiger partial charge in [-0.25, -0.2) is 4.79 Å². The zero-order chi connectivity index (χ0) is 23.7. The average molecular weight is 460 g/mol. The number of esters is 1. The number of aromatic amines is 1. The number of halogens is 1. The summed E-state index contributed by atoms with van der Waals surface area (Å²) in [6, 6.07) is 6.04. The third kappa shape index (κ3) is 4.16. The molecule has 170 valence electrons. The number of carbonyl (C=O) groups is 3. The number of aryl methyl sites for hydroxylation is 1. The van der Waals surface area contributed by atoms with Crippen LogP contribution in [0.2, 0.25) is 5.02 Å². The van der Waals surface area contributed by atoms with Crippen molar-refractivity contribution < 1.29 is 24.2 Å². The molecule has 1 aliphatic heterocycles. The number of likely N-dealkylation sites (N-methyl/N-ethyl adjacent to an activating group) is 1. The molecule has 2 heterocycles. The van der Waals surface area contributed by atoms with Gasteiger partial charge in [0.1, 0.15) is 11.5 Å². The molecule has 1 aromatic heterocycles. The van der Waals surface area contributed by atoms with Crippen molar-refractivity contribution in [3.63, 3.8) is 0 Å². The Balaban J connectivity index is 2.23. The van der Waals surface area contributed by atoms with Gasteiger partial charge in [-0.3, -0.25) is 9.59 Å². The lowest BCUT2D eigenvalue weighted by atomic mass is 9.94. The van der Waals surface area contributed by atoms with E-state index in [0.29, 0.717) is 34.0 Å². The largest absolute Gasteiger partial charge is 0.507 e. The topological polar surface area (TPSA) is 103 Å². The van der Waals surface area contributed by atoms with Crippen LogP contribution < -0.4 is 0 Å². The standard InChI is InChI=1S/C23H26ClN3O5/c1-12-16(13(2)25-18(12)23(31)32-5)20(28)17-19(14-7-6-8-15(24)11-14)27(10-9-26(3)4)22(30)21(17)29/h6-8,11,19,25,28H,9-10H2,1-5H3/b20-17-. The highest BCUT2D eigenvalue weighted by Gasteiger charge is 2.46. The Morgan fingerprint density at radius 2 is 1.97 bits per heavy atom. The SMILES string of the molecule is COC(=O)c1[nH]c(C)c(/C(O)=C2/C(=O)C(=O)N(CCN(C)C)C2c2cccc(Cl)c2)c1C. The molecule has 0 saturated carbocycles. The number of ether oxygens (including phenoxy) is 1. The Hall–Kier alpha value is -3.10. The molecular formula is C23H26ClN3O5. The first-order chi connectivity index (χ1) is 15.1. The summed E-state index contributed by atoms with van der Waals surface area (Å²) in [5.74, 6) is -2.42. The summed E-state index contributed by atoms with van der Waals surface area (Å²) in [5, 5.41) is 11.7. The van der Waals surface area contributed by atoms with Crippen LogP contribution in [0.4, 0.5) is 0 Å². The molecule has 1 atom stereocenters. The first-order valence-electron chi connectivity index (χ1n) is 10.0. The zero-order valence-electron chi connectivity index (χ0n) is 18.7. The number of aliphatic hydroxyl groups is 1. The fraction of sp³-hybridized carbons (Fsp3) is 0.348. The highest BCUT2D eigenvalue weighted by atomic mass is 35.5. The number of rotatable bonds is 6. The van der Waals surface area contributed by atoms with Gasteiger partial charge in [-0.1, -0.05) is 23.7 Å². The number of methoxy groups -OCH3 is 1. The van der Waals surface area contributed by atoms with Crippen molar-refractivity contribution in [3.8, 4) is 0 Å². The number of nitrogens with zero attached hydrogens (tertiary/aromatic N) is 2. The smallest absolute Gasteiger partial charge is 0.354 e. The summed E-state index contributed by atoms with van der Waals surface area (Å²) in [6.45, 7) is 4.12. The van der Waals surface area contributed by atoms with E-state index in [1.807, 2.05) is 19.0 Å². The second-order valence-corrected chi connectivity index (χ2v) is 8.40. The lowest BCUT2D eigenvalue weighted by Crippen LogP contribution is -2.35. The number of nitrogens with one attached hydrogen (secondary N) is 1. The molecular weight excluding hydrogens is 434 g/mol. The third-order valence-electron chi connectivity index (χ3n) is 5.56. The van der Waals surface area contributed by atoms with Crippen molar-refractivity contribution in [1.29, 1.82) is 0 Å². The first-order valence-corrected chi connectivity index (χ1v) is 10.4. The summed E-state index contributed by atoms with van der Waals surface area (Å²) in [6.07, 6.45) is 0. The van der Waals surface area contributed by atoms with E-state index in [1.54, 1.807) is 38.1 Å². The summed E-state index contributed by atoms with van der Waals surface area (Å²) in [5.41, 5.74) is 1.94. The Kier molecular flexibility index (Phi) is 6.76. The molecule has 1 aliphatic rings. The molecule has 32 heavy (non-hydrogen) atoms. The van der Waals surface area contributed by atoms with Crippen molar-refractivity contribution in [3.05, 3.63) is 62.9 Å². The van der Waals surface area contributed by atoms with Crippen LogP contribution in [-0.2, 0) is 14.3 Å². The fourth-order valence-electron chi connectivity index (χ4n) is 3.99. The van der Waals surface area contributed by atoms with E-state index in [2.05, 4.69) is 4.98 Å². The molecule has 0 bridgehead atoms. The normalized spacial score (nSPS) is 18.0. The van der Waals surface area contributed by atoms with Crippen molar-refractivity contribution in [1.82, 2.24) is 14.8 Å². The average Bonchev–Trinajstić information content (AvgIpc) is 3.18. The van der Waals surface area contributed by atoms with Gasteiger partial charge in [-0.2, -0.15) is 0 Å². The Bertz CT molecular complexity index is 1120. The predicted octanol–water partition coefficient (Wildman–Crippen LogP) is 3.05. The molecule has 9 heteroatoms. The van der Waals surface area contributed by atoms with Gasteiger partial charge in [0, 0.05) is 29.4 Å². The lowest BCUT2D eigenvalue weighted by molar-refractivity contribution is -0.140. The number of hydrogen-bond donors (Lipinski definition) is 2. The van der Waals surface area contributed by atoms with Gasteiger partial charge in [0.15, 0.2) is 0 Å². The molecule has 0 aliphatic carbocycles. The Morgan fingerprint density at radius 3 is 2.56 bits per heavy atom. The minimum Gasteiger partial charge on any atom is -0.507 e. The number of ketones is 1. The van der Waals surface area contributed by atoms with Crippen LogP contribution in [-0.4, -0.2) is 71.8 Å². The minimum absolute atomic E-state index is 0.0439. The number of H-pyrrole nitrogens is 1. The van der Waals surface area contributed by atoms with Crippen LogP contribution in [0.3, 0.4) is 0 Å². The predicted molar refractivity (Wildman–Crippen MR) is 121 cm³/mol. The van der Waals surface area contributed by atoms with Gasteiger partial charge in [0.2, 0.25) is 0 Å². The van der Waals surface area contributed by atoms with Gasteiger partial charge in [-0.15, -0.1) is 0 Å². The van der Waals surface area contributed by atoms with Crippen molar-refractivity contribution in [2.45, 2.75) is 19.9 Å². The summed E-state index contributed by atoms with van der Waals surface area (Å²) < 4.78 is 4.79. The highest BCUT2D eigenvalue weighted by Crippen LogP contribution is 2.41. The molecule has 1 aromatic carbocycles.